The molecule has 28 heavy (non-hydrogen) atoms. The van der Waals surface area contributed by atoms with Crippen molar-refractivity contribution in [2.24, 2.45) is 0 Å². The van der Waals surface area contributed by atoms with Crippen LogP contribution in [0.25, 0.3) is 5.70 Å². The lowest BCUT2D eigenvalue weighted by atomic mass is 10.1. The van der Waals surface area contributed by atoms with E-state index in [2.05, 4.69) is 22.0 Å². The summed E-state index contributed by atoms with van der Waals surface area (Å²) < 4.78 is 6.66. The fourth-order valence-electron chi connectivity index (χ4n) is 2.47. The van der Waals surface area contributed by atoms with E-state index < -0.39 is 0 Å². The maximum atomic E-state index is 13.4. The van der Waals surface area contributed by atoms with Crippen LogP contribution in [0.3, 0.4) is 0 Å². The van der Waals surface area contributed by atoms with Crippen molar-refractivity contribution in [3.8, 4) is 5.75 Å². The number of allylic oxidation sites excluding steroid dienone is 1. The summed E-state index contributed by atoms with van der Waals surface area (Å²) in [5.74, 6) is 1.14. The number of hydrogen-bond acceptors (Lipinski definition) is 6. The molecular weight excluding hydrogens is 372 g/mol. The molecule has 0 saturated heterocycles. The first-order valence-corrected chi connectivity index (χ1v) is 9.55. The summed E-state index contributed by atoms with van der Waals surface area (Å²) in [5.41, 5.74) is 1.78. The maximum absolute atomic E-state index is 13.4. The third-order valence-corrected chi connectivity index (χ3v) is 4.79. The Morgan fingerprint density at radius 2 is 1.96 bits per heavy atom. The standard InChI is InChI=1S/C21H20N4O2S/c1-3-13-28-21(24-17-7-5-4-6-8-17)19(25-15-22-14-23-25)20(26)16-9-11-18(27-2)12-10-16/h3-12,14-15,24H,1,13H2,2H3/b21-19+. The van der Waals surface area contributed by atoms with Gasteiger partial charge in [0.05, 0.1) is 7.11 Å². The molecule has 0 fully saturated rings. The highest BCUT2D eigenvalue weighted by Gasteiger charge is 2.21. The van der Waals surface area contributed by atoms with Gasteiger partial charge in [0.2, 0.25) is 5.78 Å². The van der Waals surface area contributed by atoms with E-state index in [1.165, 1.54) is 29.1 Å². The third-order valence-electron chi connectivity index (χ3n) is 3.81. The first-order valence-electron chi connectivity index (χ1n) is 8.56. The van der Waals surface area contributed by atoms with E-state index in [-0.39, 0.29) is 5.78 Å². The molecule has 0 bridgehead atoms. The number of hydrogen-bond donors (Lipinski definition) is 1. The van der Waals surface area contributed by atoms with Crippen LogP contribution in [-0.2, 0) is 0 Å². The van der Waals surface area contributed by atoms with Gasteiger partial charge in [-0.3, -0.25) is 4.79 Å². The van der Waals surface area contributed by atoms with Gasteiger partial charge in [-0.1, -0.05) is 24.3 Å². The number of carbonyl (C=O) groups excluding carboxylic acids is 1. The van der Waals surface area contributed by atoms with E-state index in [4.69, 9.17) is 4.74 Å². The molecule has 3 aromatic rings. The monoisotopic (exact) mass is 392 g/mol. The van der Waals surface area contributed by atoms with Gasteiger partial charge in [0.1, 0.15) is 29.1 Å². The number of Topliss-reactive ketones (excluding diaryl/α,β-unsaturated/α-hetero) is 1. The summed E-state index contributed by atoms with van der Waals surface area (Å²) in [6.07, 6.45) is 4.70. The number of methoxy groups -OCH3 is 1. The van der Waals surface area contributed by atoms with Crippen molar-refractivity contribution in [1.29, 1.82) is 0 Å². The molecule has 142 valence electrons. The van der Waals surface area contributed by atoms with Gasteiger partial charge in [-0.25, -0.2) is 9.67 Å². The molecule has 2 aromatic carbocycles. The van der Waals surface area contributed by atoms with Crippen LogP contribution in [0.5, 0.6) is 5.75 Å². The van der Waals surface area contributed by atoms with Crippen molar-refractivity contribution < 1.29 is 9.53 Å². The third kappa shape index (κ3) is 4.69. The van der Waals surface area contributed by atoms with Crippen molar-refractivity contribution in [2.75, 3.05) is 18.2 Å². The smallest absolute Gasteiger partial charge is 0.214 e. The SMILES string of the molecule is C=CCS/C(Nc1ccccc1)=C(\C(=O)c1ccc(OC)cc1)n1cncn1. The summed E-state index contributed by atoms with van der Waals surface area (Å²) >= 11 is 1.47. The average molecular weight is 392 g/mol. The molecule has 7 heteroatoms. The minimum atomic E-state index is -0.178. The van der Waals surface area contributed by atoms with Crippen LogP contribution in [0.15, 0.2) is 84.9 Å². The zero-order valence-electron chi connectivity index (χ0n) is 15.4. The number of para-hydroxylation sites is 1. The highest BCUT2D eigenvalue weighted by molar-refractivity contribution is 8.03. The van der Waals surface area contributed by atoms with E-state index in [0.717, 1.165) is 5.69 Å². The number of nitrogens with one attached hydrogen (secondary N) is 1. The Kier molecular flexibility index (Phi) is 6.64. The molecule has 0 aliphatic heterocycles. The second kappa shape index (κ2) is 9.57. The minimum absolute atomic E-state index is 0.178. The van der Waals surface area contributed by atoms with E-state index in [0.29, 0.717) is 27.8 Å². The summed E-state index contributed by atoms with van der Waals surface area (Å²) in [4.78, 5) is 17.4. The van der Waals surface area contributed by atoms with Gasteiger partial charge in [0, 0.05) is 17.0 Å². The fraction of sp³-hybridized carbons (Fsp3) is 0.0952. The molecule has 3 rings (SSSR count). The Bertz CT molecular complexity index is 952. The number of rotatable bonds is 9. The van der Waals surface area contributed by atoms with E-state index >= 15 is 0 Å². The molecular formula is C21H20N4O2S. The maximum Gasteiger partial charge on any atom is 0.214 e. The van der Waals surface area contributed by atoms with Gasteiger partial charge in [-0.2, -0.15) is 5.10 Å². The topological polar surface area (TPSA) is 69.0 Å². The van der Waals surface area contributed by atoms with Gasteiger partial charge in [-0.15, -0.1) is 18.3 Å². The quantitative estimate of drug-likeness (QED) is 0.332. The molecule has 0 unspecified atom stereocenters. The predicted molar refractivity (Wildman–Crippen MR) is 113 cm³/mol. The van der Waals surface area contributed by atoms with Gasteiger partial charge in [0.15, 0.2) is 0 Å². The fourth-order valence-corrected chi connectivity index (χ4v) is 3.27. The molecule has 0 radical (unpaired) electrons. The largest absolute Gasteiger partial charge is 0.497 e. The zero-order chi connectivity index (χ0) is 19.8. The molecule has 0 saturated carbocycles. The Labute approximate surface area is 167 Å². The van der Waals surface area contributed by atoms with Crippen molar-refractivity contribution >= 4 is 28.9 Å². The number of ketones is 1. The van der Waals surface area contributed by atoms with Gasteiger partial charge in [-0.05, 0) is 36.4 Å². The molecule has 1 N–H and O–H groups in total. The first kappa shape index (κ1) is 19.4. The number of ether oxygens (including phenoxy) is 1. The Balaban J connectivity index is 2.07. The highest BCUT2D eigenvalue weighted by Crippen LogP contribution is 2.28. The number of thioether (sulfide) groups is 1. The summed E-state index contributed by atoms with van der Waals surface area (Å²) in [6.45, 7) is 3.78. The Morgan fingerprint density at radius 1 is 1.21 bits per heavy atom. The minimum Gasteiger partial charge on any atom is -0.497 e. The van der Waals surface area contributed by atoms with E-state index in [1.807, 2.05) is 30.3 Å². The van der Waals surface area contributed by atoms with Crippen molar-refractivity contribution in [3.63, 3.8) is 0 Å². The summed E-state index contributed by atoms with van der Waals surface area (Å²) in [5, 5.41) is 8.19. The highest BCUT2D eigenvalue weighted by atomic mass is 32.2. The second-order valence-electron chi connectivity index (χ2n) is 5.67. The lowest BCUT2D eigenvalue weighted by Crippen LogP contribution is -2.15. The molecule has 0 atom stereocenters. The Morgan fingerprint density at radius 3 is 2.57 bits per heavy atom. The number of anilines is 1. The molecule has 6 nitrogen and oxygen atoms in total. The molecule has 1 aromatic heterocycles. The van der Waals surface area contributed by atoms with Gasteiger partial charge in [0.25, 0.3) is 0 Å². The lowest BCUT2D eigenvalue weighted by Gasteiger charge is -2.16. The van der Waals surface area contributed by atoms with Gasteiger partial charge < -0.3 is 10.1 Å². The molecule has 0 aliphatic carbocycles. The normalized spacial score (nSPS) is 11.5. The first-order chi connectivity index (χ1) is 13.7. The van der Waals surface area contributed by atoms with E-state index in [9.17, 15) is 4.79 Å². The van der Waals surface area contributed by atoms with E-state index in [1.54, 1.807) is 37.5 Å². The van der Waals surface area contributed by atoms with Crippen molar-refractivity contribution in [1.82, 2.24) is 14.8 Å². The van der Waals surface area contributed by atoms with Crippen LogP contribution in [0.1, 0.15) is 10.4 Å². The average Bonchev–Trinajstić information content (AvgIpc) is 3.27. The van der Waals surface area contributed by atoms with Crippen LogP contribution in [0, 0.1) is 0 Å². The summed E-state index contributed by atoms with van der Waals surface area (Å²) in [7, 11) is 1.59. The summed E-state index contributed by atoms with van der Waals surface area (Å²) in [6, 6.07) is 16.6. The molecule has 0 amide bonds. The van der Waals surface area contributed by atoms with Crippen LogP contribution in [0.2, 0.25) is 0 Å². The van der Waals surface area contributed by atoms with Crippen LogP contribution < -0.4 is 10.1 Å². The number of nitrogens with zero attached hydrogens (tertiary/aromatic N) is 3. The molecule has 1 heterocycles. The number of carbonyl (C=O) groups is 1. The predicted octanol–water partition coefficient (Wildman–Crippen LogP) is 4.33. The lowest BCUT2D eigenvalue weighted by molar-refractivity contribution is 0.104. The Hall–Kier alpha value is -3.32. The van der Waals surface area contributed by atoms with Crippen LogP contribution >= 0.6 is 11.8 Å². The second-order valence-corrected chi connectivity index (χ2v) is 6.70. The van der Waals surface area contributed by atoms with Gasteiger partial charge >= 0.3 is 0 Å². The molecule has 0 spiro atoms. The van der Waals surface area contributed by atoms with Crippen LogP contribution in [-0.4, -0.2) is 33.4 Å². The number of aromatic nitrogens is 3. The number of benzene rings is 2. The van der Waals surface area contributed by atoms with Crippen molar-refractivity contribution in [2.45, 2.75) is 0 Å². The van der Waals surface area contributed by atoms with Crippen LogP contribution in [0.4, 0.5) is 5.69 Å². The molecule has 0 aliphatic rings. The van der Waals surface area contributed by atoms with Crippen molar-refractivity contribution in [3.05, 3.63) is 90.5 Å². The zero-order valence-corrected chi connectivity index (χ0v) is 16.2.